The molecule has 97 heavy (non-hydrogen) atoms. The Morgan fingerprint density at radius 3 is 1.18 bits per heavy atom. The van der Waals surface area contributed by atoms with Crippen molar-refractivity contribution in [2.75, 3.05) is 95.6 Å². The normalized spacial score (nSPS) is 11.5. The van der Waals surface area contributed by atoms with Crippen molar-refractivity contribution in [2.24, 2.45) is 58.3 Å². The topological polar surface area (TPSA) is 245 Å². The molecule has 567 valence electrons. The number of allylic oxidation sites excluding steroid dienone is 9. The maximum atomic E-state index is 11.8. The number of hydrogen-bond donors (Lipinski definition) is 3. The monoisotopic (exact) mass is 1490 g/mol. The van der Waals surface area contributed by atoms with Crippen LogP contribution in [0.5, 0.6) is 0 Å². The zero-order chi connectivity index (χ0) is 76.2. The minimum Gasteiger partial charge on any atom is -0.518 e. The molecule has 0 saturated heterocycles. The Morgan fingerprint density at radius 1 is 0.485 bits per heavy atom. The van der Waals surface area contributed by atoms with Crippen LogP contribution in [0.1, 0.15) is 177 Å². The second-order valence-electron chi connectivity index (χ2n) is 26.7. The van der Waals surface area contributed by atoms with Crippen LogP contribution < -0.4 is 14.8 Å². The van der Waals surface area contributed by atoms with E-state index < -0.39 is 31.9 Å². The average Bonchev–Trinajstić information content (AvgIpc) is 1.34. The van der Waals surface area contributed by atoms with Gasteiger partial charge in [-0.1, -0.05) is 210 Å². The van der Waals surface area contributed by atoms with Gasteiger partial charge in [0.1, 0.15) is 6.61 Å². The Bertz CT molecular complexity index is 2470. The van der Waals surface area contributed by atoms with Crippen LogP contribution in [0.4, 0.5) is 4.79 Å². The molecule has 0 aromatic rings. The summed E-state index contributed by atoms with van der Waals surface area (Å²) in [5.41, 5.74) is 0. The molecule has 3 N–H and O–H groups in total. The molecular formula is C74H143N9O11S2Y-2. The van der Waals surface area contributed by atoms with Gasteiger partial charge in [-0.15, -0.1) is 0 Å². The summed E-state index contributed by atoms with van der Waals surface area (Å²) in [6.45, 7) is 48.3. The smallest absolute Gasteiger partial charge is 0.409 e. The molecule has 0 unspecified atom stereocenters. The molecule has 0 spiro atoms. The van der Waals surface area contributed by atoms with Gasteiger partial charge in [0, 0.05) is 114 Å². The number of nitrogens with one attached hydrogen (secondary N) is 3. The van der Waals surface area contributed by atoms with Crippen molar-refractivity contribution in [1.29, 1.82) is 0 Å². The van der Waals surface area contributed by atoms with E-state index in [9.17, 15) is 45.6 Å². The van der Waals surface area contributed by atoms with Gasteiger partial charge in [-0.3, -0.25) is 49.4 Å². The molecule has 0 rings (SSSR count). The van der Waals surface area contributed by atoms with Crippen molar-refractivity contribution in [3.05, 3.63) is 105 Å². The number of ether oxygens (including phenoxy) is 1. The van der Waals surface area contributed by atoms with E-state index in [2.05, 4.69) is 157 Å². The largest absolute Gasteiger partial charge is 0.518 e. The second-order valence-corrected chi connectivity index (χ2v) is 30.2. The van der Waals surface area contributed by atoms with Gasteiger partial charge in [0.2, 0.25) is 43.7 Å². The van der Waals surface area contributed by atoms with Gasteiger partial charge < -0.3 is 43.7 Å². The first-order chi connectivity index (χ1) is 43.4. The van der Waals surface area contributed by atoms with E-state index in [1.165, 1.54) is 16.2 Å². The Labute approximate surface area is 621 Å². The first kappa shape index (κ1) is 113. The van der Waals surface area contributed by atoms with Crippen LogP contribution in [-0.4, -0.2) is 185 Å². The van der Waals surface area contributed by atoms with Gasteiger partial charge >= 0.3 is 6.09 Å². The number of likely N-dealkylation sites (N-methyl/N-ethyl adjacent to an activating group) is 2. The minimum atomic E-state index is -3.56. The molecule has 23 heteroatoms. The fraction of sp³-hybridized carbons (Fsp3) is 0.676. The van der Waals surface area contributed by atoms with Crippen LogP contribution in [0.3, 0.4) is 0 Å². The predicted molar refractivity (Wildman–Crippen MR) is 411 cm³/mol. The Morgan fingerprint density at radius 2 is 0.845 bits per heavy atom. The van der Waals surface area contributed by atoms with Crippen LogP contribution in [0.2, 0.25) is 0 Å². The van der Waals surface area contributed by atoms with Crippen LogP contribution in [0.15, 0.2) is 96.1 Å². The van der Waals surface area contributed by atoms with Crippen molar-refractivity contribution in [1.82, 2.24) is 39.3 Å². The second kappa shape index (κ2) is 70.8. The summed E-state index contributed by atoms with van der Waals surface area (Å²) >= 11 is 0. The molecule has 0 saturated carbocycles. The molecule has 0 aromatic heterocycles. The molecule has 0 aromatic carbocycles. The molecule has 20 nitrogen and oxygen atoms in total. The molecule has 6 amide bonds. The number of carbonyl (C=O) groups excluding carboxylic acids is 6. The molecule has 1 radical (unpaired) electrons. The third kappa shape index (κ3) is 107. The number of carbonyl (C=O) groups is 6. The fourth-order valence-electron chi connectivity index (χ4n) is 5.83. The summed E-state index contributed by atoms with van der Waals surface area (Å²) in [6.07, 6.45) is 34.6. The van der Waals surface area contributed by atoms with Crippen LogP contribution >= 0.6 is 0 Å². The summed E-state index contributed by atoms with van der Waals surface area (Å²) in [4.78, 5) is 79.9. The molecule has 0 aliphatic heterocycles. The number of aliphatic imine (C=N–C) groups is 1. The SMILES string of the molecule is CC(C)C=CCC(=O)N(C)C(C)C.CC(C)C=CCC(=O)NCC(=O)NS(C)(=O)=O.CC(C)C=CCC(=O)NS(C)(=O)=O.CC(C)C=CCC(C)C.CC(C)C=CCN(C)C.CC(C)C=CCOC(=O)N(C)C.CN=C(N(C)C)N(C)C(=O)C=CCC(C)C.[CH-]=CCC(C)C.[CH3-].[Y]. The van der Waals surface area contributed by atoms with E-state index in [4.69, 9.17) is 11.3 Å². The van der Waals surface area contributed by atoms with Gasteiger partial charge in [-0.2, -0.15) is 0 Å². The number of sulfonamides is 2. The standard InChI is InChI=1S/C12H23N3O.C11H21NO.C10H18N2O4S.C9H17NO2.C9H18.C8H15NO3S.C8H17N.C6H11.CH3.Y/c1-10(2)8-7-9-11(16)15(6)12(13-3)14(4)5;1-9(2)7-6-8-11(13)12(5)10(3)4;1-8(2)5-4-6-9(13)11-7-10(14)12-17(3,15)16;1-8(2)6-5-7-12-9(11)10(3)4;1-8(2)6-5-7-9(3)4;1-7(2)5-4-6-8(10)9-13(3,11)12;1-8(2)6-5-7-9(3)4;1-4-5-6(2)3;;/h7,9-10H,8H2,1-6H3;6-7,9-10H,8H2,1-5H3;4-5,8H,6-7H2,1-3H3,(H,11,13)(H,12,14);5-6,8H,7H2,1-4H3;5-6,8-9H,7H2,1-4H3;4-5,7H,6H2,1-3H3,(H,9,10);5-6,8H,7H2,1-4H3;1,4,6H,5H2,2-3H3;1H3;/q;;;;;;;2*-1;. The van der Waals surface area contributed by atoms with E-state index in [1.807, 2.05) is 109 Å². The number of amides is 6. The molecule has 0 atom stereocenters. The molecule has 0 aliphatic carbocycles. The Balaban J connectivity index is -0.000000113. The average molecular weight is 1490 g/mol. The summed E-state index contributed by atoms with van der Waals surface area (Å²) in [5, 5.41) is 2.31. The van der Waals surface area contributed by atoms with Gasteiger partial charge in [-0.25, -0.2) is 21.6 Å². The summed E-state index contributed by atoms with van der Waals surface area (Å²) in [7, 11) is 9.48. The maximum absolute atomic E-state index is 11.8. The van der Waals surface area contributed by atoms with Gasteiger partial charge in [0.15, 0.2) is 0 Å². The third-order valence-electron chi connectivity index (χ3n) is 10.7. The van der Waals surface area contributed by atoms with Gasteiger partial charge in [0.25, 0.3) is 11.8 Å². The van der Waals surface area contributed by atoms with E-state index in [0.29, 0.717) is 66.5 Å². The Hall–Kier alpha value is -5.03. The Kier molecular flexibility index (Phi) is 82.7. The molecule has 0 fully saturated rings. The van der Waals surface area contributed by atoms with Crippen molar-refractivity contribution < 1.29 is 83.0 Å². The summed E-state index contributed by atoms with van der Waals surface area (Å²) in [6, 6.07) is 0.292. The van der Waals surface area contributed by atoms with Gasteiger partial charge in [0.05, 0.1) is 19.1 Å². The zero-order valence-corrected chi connectivity index (χ0v) is 71.4. The van der Waals surface area contributed by atoms with Crippen molar-refractivity contribution in [2.45, 2.75) is 183 Å². The van der Waals surface area contributed by atoms with Crippen LogP contribution in [0, 0.1) is 67.3 Å². The minimum absolute atomic E-state index is 0. The number of hydrogen-bond acceptors (Lipinski definition) is 13. The zero-order valence-electron chi connectivity index (χ0n) is 66.9. The third-order valence-corrected chi connectivity index (χ3v) is 11.9. The molecule has 0 heterocycles. The summed E-state index contributed by atoms with van der Waals surface area (Å²) < 4.78 is 51.0. The van der Waals surface area contributed by atoms with Gasteiger partial charge in [-0.05, 0) is 100 Å². The number of rotatable bonds is 28. The molecular weight excluding hydrogens is 1340 g/mol. The van der Waals surface area contributed by atoms with Crippen LogP contribution in [-0.2, 0) is 81.5 Å². The number of nitrogens with zero attached hydrogens (tertiary/aromatic N) is 6. The first-order valence-corrected chi connectivity index (χ1v) is 36.8. The van der Waals surface area contributed by atoms with Crippen molar-refractivity contribution in [3.8, 4) is 0 Å². The summed E-state index contributed by atoms with van der Waals surface area (Å²) in [5.74, 6) is 4.45. The van der Waals surface area contributed by atoms with Crippen molar-refractivity contribution >= 4 is 61.6 Å². The van der Waals surface area contributed by atoms with Crippen molar-refractivity contribution in [3.63, 3.8) is 0 Å². The van der Waals surface area contributed by atoms with E-state index in [1.54, 1.807) is 62.1 Å². The quantitative estimate of drug-likeness (QED) is 0.0217. The number of guanidine groups is 1. The van der Waals surface area contributed by atoms with Crippen LogP contribution in [0.25, 0.3) is 0 Å². The van der Waals surface area contributed by atoms with E-state index >= 15 is 0 Å². The fourth-order valence-corrected chi connectivity index (χ4v) is 6.81. The molecule has 0 aliphatic rings. The van der Waals surface area contributed by atoms with E-state index in [0.717, 1.165) is 43.7 Å². The predicted octanol–water partition coefficient (Wildman–Crippen LogP) is 13.9. The first-order valence-electron chi connectivity index (χ1n) is 33.1. The molecule has 0 bridgehead atoms. The van der Waals surface area contributed by atoms with E-state index in [-0.39, 0.29) is 83.3 Å². The maximum Gasteiger partial charge on any atom is 0.409 e.